The highest BCUT2D eigenvalue weighted by Gasteiger charge is 2.29. The van der Waals surface area contributed by atoms with E-state index in [4.69, 9.17) is 0 Å². The Labute approximate surface area is 114 Å². The van der Waals surface area contributed by atoms with Gasteiger partial charge in [-0.05, 0) is 38.7 Å². The number of aliphatic hydroxyl groups is 1. The van der Waals surface area contributed by atoms with Crippen molar-refractivity contribution in [3.63, 3.8) is 0 Å². The summed E-state index contributed by atoms with van der Waals surface area (Å²) in [6.45, 7) is 4.10. The molecular formula is C13H22N2O3S. The van der Waals surface area contributed by atoms with Gasteiger partial charge in [-0.25, -0.2) is 8.42 Å². The molecule has 1 aromatic heterocycles. The van der Waals surface area contributed by atoms with Gasteiger partial charge < -0.3 is 5.11 Å². The number of nitrogens with zero attached hydrogens (tertiary/aromatic N) is 2. The van der Waals surface area contributed by atoms with E-state index in [1.165, 1.54) is 0 Å². The van der Waals surface area contributed by atoms with Crippen molar-refractivity contribution in [3.05, 3.63) is 18.0 Å². The van der Waals surface area contributed by atoms with Gasteiger partial charge >= 0.3 is 0 Å². The molecule has 2 rings (SSSR count). The van der Waals surface area contributed by atoms with Crippen LogP contribution in [-0.4, -0.2) is 40.9 Å². The minimum Gasteiger partial charge on any atom is -0.393 e. The first-order valence-electron chi connectivity index (χ1n) is 6.78. The fourth-order valence-corrected chi connectivity index (χ4v) is 4.42. The molecule has 1 N–H and O–H groups in total. The van der Waals surface area contributed by atoms with Crippen LogP contribution in [0.4, 0.5) is 0 Å². The molecule has 0 saturated carbocycles. The second kappa shape index (κ2) is 5.63. The summed E-state index contributed by atoms with van der Waals surface area (Å²) in [5.41, 5.74) is 0.863. The van der Waals surface area contributed by atoms with Gasteiger partial charge in [-0.1, -0.05) is 0 Å². The average molecular weight is 286 g/mol. The summed E-state index contributed by atoms with van der Waals surface area (Å²) < 4.78 is 24.6. The quantitative estimate of drug-likeness (QED) is 0.882. The van der Waals surface area contributed by atoms with Gasteiger partial charge in [-0.2, -0.15) is 5.10 Å². The van der Waals surface area contributed by atoms with Crippen LogP contribution in [0.3, 0.4) is 0 Å². The van der Waals surface area contributed by atoms with Crippen molar-refractivity contribution < 1.29 is 13.5 Å². The standard InChI is InChI=1S/C13H22N2O3S/c1-10(2)15-5-3-12(14-15)8-13(16)7-11-4-6-19(17,18)9-11/h3,5,10-11,13,16H,4,6-9H2,1-2H3. The largest absolute Gasteiger partial charge is 0.393 e. The van der Waals surface area contributed by atoms with Gasteiger partial charge in [-0.3, -0.25) is 4.68 Å². The van der Waals surface area contributed by atoms with Gasteiger partial charge in [0.1, 0.15) is 0 Å². The minimum atomic E-state index is -2.85. The topological polar surface area (TPSA) is 72.2 Å². The van der Waals surface area contributed by atoms with Crippen LogP contribution >= 0.6 is 0 Å². The Bertz CT molecular complexity index is 522. The van der Waals surface area contributed by atoms with Crippen molar-refractivity contribution in [3.8, 4) is 0 Å². The predicted octanol–water partition coefficient (Wildman–Crippen LogP) is 1.19. The van der Waals surface area contributed by atoms with E-state index in [0.717, 1.165) is 5.69 Å². The van der Waals surface area contributed by atoms with Crippen molar-refractivity contribution in [1.29, 1.82) is 0 Å². The average Bonchev–Trinajstić information content (AvgIpc) is 2.85. The summed E-state index contributed by atoms with van der Waals surface area (Å²) in [5, 5.41) is 14.4. The first-order chi connectivity index (χ1) is 8.85. The lowest BCUT2D eigenvalue weighted by Crippen LogP contribution is -2.17. The first kappa shape index (κ1) is 14.5. The summed E-state index contributed by atoms with van der Waals surface area (Å²) >= 11 is 0. The maximum absolute atomic E-state index is 11.4. The highest BCUT2D eigenvalue weighted by atomic mass is 32.2. The van der Waals surface area contributed by atoms with Crippen molar-refractivity contribution in [2.45, 2.75) is 45.3 Å². The van der Waals surface area contributed by atoms with E-state index < -0.39 is 15.9 Å². The van der Waals surface area contributed by atoms with E-state index in [-0.39, 0.29) is 17.4 Å². The molecule has 0 spiro atoms. The zero-order valence-electron chi connectivity index (χ0n) is 11.5. The van der Waals surface area contributed by atoms with E-state index in [2.05, 4.69) is 18.9 Å². The molecule has 1 saturated heterocycles. The maximum Gasteiger partial charge on any atom is 0.150 e. The summed E-state index contributed by atoms with van der Waals surface area (Å²) in [6, 6.07) is 2.22. The molecule has 0 amide bonds. The van der Waals surface area contributed by atoms with Gasteiger partial charge in [-0.15, -0.1) is 0 Å². The molecule has 0 bridgehead atoms. The molecule has 0 radical (unpaired) electrons. The van der Waals surface area contributed by atoms with Crippen LogP contribution in [0.25, 0.3) is 0 Å². The van der Waals surface area contributed by atoms with E-state index in [1.807, 2.05) is 16.9 Å². The second-order valence-corrected chi connectivity index (χ2v) is 7.97. The third-order valence-corrected chi connectivity index (χ3v) is 5.41. The summed E-state index contributed by atoms with van der Waals surface area (Å²) in [5.74, 6) is 0.601. The lowest BCUT2D eigenvalue weighted by molar-refractivity contribution is 0.145. The van der Waals surface area contributed by atoms with Crippen molar-refractivity contribution in [2.24, 2.45) is 5.92 Å². The van der Waals surface area contributed by atoms with Crippen LogP contribution in [0, 0.1) is 5.92 Å². The minimum absolute atomic E-state index is 0.104. The van der Waals surface area contributed by atoms with E-state index in [1.54, 1.807) is 0 Å². The van der Waals surface area contributed by atoms with Gasteiger partial charge in [0, 0.05) is 18.7 Å². The number of aliphatic hydroxyl groups excluding tert-OH is 1. The number of rotatable bonds is 5. The molecule has 1 fully saturated rings. The Hall–Kier alpha value is -0.880. The molecule has 0 aromatic carbocycles. The summed E-state index contributed by atoms with van der Waals surface area (Å²) in [4.78, 5) is 0. The first-order valence-corrected chi connectivity index (χ1v) is 8.60. The van der Waals surface area contributed by atoms with Gasteiger partial charge in [0.05, 0.1) is 23.3 Å². The Morgan fingerprint density at radius 3 is 2.79 bits per heavy atom. The van der Waals surface area contributed by atoms with Crippen LogP contribution in [-0.2, 0) is 16.3 Å². The number of hydrogen-bond acceptors (Lipinski definition) is 4. The normalized spacial score (nSPS) is 23.9. The van der Waals surface area contributed by atoms with Crippen LogP contribution < -0.4 is 0 Å². The van der Waals surface area contributed by atoms with Crippen LogP contribution in [0.2, 0.25) is 0 Å². The number of hydrogen-bond donors (Lipinski definition) is 1. The van der Waals surface area contributed by atoms with Gasteiger partial charge in [0.15, 0.2) is 9.84 Å². The molecule has 6 heteroatoms. The molecule has 108 valence electrons. The van der Waals surface area contributed by atoms with E-state index in [9.17, 15) is 13.5 Å². The molecule has 1 aliphatic rings. The molecule has 5 nitrogen and oxygen atoms in total. The summed E-state index contributed by atoms with van der Waals surface area (Å²) in [7, 11) is -2.85. The molecule has 2 heterocycles. The van der Waals surface area contributed by atoms with E-state index in [0.29, 0.717) is 25.3 Å². The second-order valence-electron chi connectivity index (χ2n) is 5.74. The van der Waals surface area contributed by atoms with Crippen molar-refractivity contribution in [2.75, 3.05) is 11.5 Å². The Morgan fingerprint density at radius 2 is 2.26 bits per heavy atom. The zero-order valence-corrected chi connectivity index (χ0v) is 12.3. The molecule has 2 unspecified atom stereocenters. The fraction of sp³-hybridized carbons (Fsp3) is 0.769. The van der Waals surface area contributed by atoms with Crippen molar-refractivity contribution in [1.82, 2.24) is 9.78 Å². The van der Waals surface area contributed by atoms with Gasteiger partial charge in [0.25, 0.3) is 0 Å². The molecule has 2 atom stereocenters. The van der Waals surface area contributed by atoms with Crippen LogP contribution in [0.5, 0.6) is 0 Å². The Balaban J connectivity index is 1.85. The molecule has 1 aliphatic heterocycles. The monoisotopic (exact) mass is 286 g/mol. The molecule has 1 aromatic rings. The van der Waals surface area contributed by atoms with Crippen molar-refractivity contribution >= 4 is 9.84 Å². The Morgan fingerprint density at radius 1 is 1.53 bits per heavy atom. The zero-order chi connectivity index (χ0) is 14.0. The summed E-state index contributed by atoms with van der Waals surface area (Å²) in [6.07, 6.45) is 3.13. The lowest BCUT2D eigenvalue weighted by Gasteiger charge is -2.13. The number of aromatic nitrogens is 2. The smallest absolute Gasteiger partial charge is 0.150 e. The SMILES string of the molecule is CC(C)n1ccc(CC(O)CC2CCS(=O)(=O)C2)n1. The lowest BCUT2D eigenvalue weighted by atomic mass is 9.98. The third kappa shape index (κ3) is 4.04. The third-order valence-electron chi connectivity index (χ3n) is 3.57. The molecule has 0 aliphatic carbocycles. The highest BCUT2D eigenvalue weighted by molar-refractivity contribution is 7.91. The maximum atomic E-state index is 11.4. The van der Waals surface area contributed by atoms with Gasteiger partial charge in [0.2, 0.25) is 0 Å². The van der Waals surface area contributed by atoms with Crippen LogP contribution in [0.1, 0.15) is 38.4 Å². The van der Waals surface area contributed by atoms with Crippen LogP contribution in [0.15, 0.2) is 12.3 Å². The van der Waals surface area contributed by atoms with E-state index >= 15 is 0 Å². The molecule has 19 heavy (non-hydrogen) atoms. The molecular weight excluding hydrogens is 264 g/mol. The Kier molecular flexibility index (Phi) is 4.30. The predicted molar refractivity (Wildman–Crippen MR) is 73.7 cm³/mol. The fourth-order valence-electron chi connectivity index (χ4n) is 2.54. The number of sulfone groups is 1. The highest BCUT2D eigenvalue weighted by Crippen LogP contribution is 2.23.